The smallest absolute Gasteiger partial charge is 0.270 e. The number of carbonyl (C=O) groups is 2. The predicted molar refractivity (Wildman–Crippen MR) is 107 cm³/mol. The van der Waals surface area contributed by atoms with E-state index in [9.17, 15) is 19.7 Å². The zero-order valence-electron chi connectivity index (χ0n) is 15.4. The van der Waals surface area contributed by atoms with E-state index in [1.165, 1.54) is 18.2 Å². The summed E-state index contributed by atoms with van der Waals surface area (Å²) in [5.74, 6) is -0.650. The molecule has 0 aromatic heterocycles. The molecule has 0 atom stereocenters. The Balaban J connectivity index is 1.81. The van der Waals surface area contributed by atoms with Gasteiger partial charge in [0.25, 0.3) is 5.69 Å². The highest BCUT2D eigenvalue weighted by Gasteiger charge is 2.33. The molecule has 6 nitrogen and oxygen atoms in total. The highest BCUT2D eigenvalue weighted by atomic mass is 16.6. The summed E-state index contributed by atoms with van der Waals surface area (Å²) in [6.45, 7) is 1.71. The average Bonchev–Trinajstić information content (AvgIpc) is 2.90. The molecule has 1 heterocycles. The minimum absolute atomic E-state index is 0.0548. The van der Waals surface area contributed by atoms with Crippen LogP contribution in [0, 0.1) is 10.1 Å². The molecule has 6 heteroatoms. The van der Waals surface area contributed by atoms with Gasteiger partial charge in [-0.15, -0.1) is 0 Å². The molecule has 2 aromatic carbocycles. The fraction of sp³-hybridized carbons (Fsp3) is 0.273. The molecular weight excluding hydrogens is 356 g/mol. The number of carbonyl (C=O) groups excluding carboxylic acids is 2. The Morgan fingerprint density at radius 3 is 2.07 bits per heavy atom. The Morgan fingerprint density at radius 2 is 1.50 bits per heavy atom. The molecule has 1 aliphatic carbocycles. The van der Waals surface area contributed by atoms with Crippen LogP contribution in [0.15, 0.2) is 48.0 Å². The van der Waals surface area contributed by atoms with E-state index in [0.717, 1.165) is 44.5 Å². The molecule has 1 aliphatic heterocycles. The van der Waals surface area contributed by atoms with Gasteiger partial charge in [-0.3, -0.25) is 19.7 Å². The molecule has 142 valence electrons. The van der Waals surface area contributed by atoms with Crippen LogP contribution in [0.3, 0.4) is 0 Å². The molecule has 0 N–H and O–H groups in total. The van der Waals surface area contributed by atoms with E-state index < -0.39 is 4.92 Å². The van der Waals surface area contributed by atoms with Crippen LogP contribution in [0.5, 0.6) is 0 Å². The normalized spacial score (nSPS) is 16.7. The van der Waals surface area contributed by atoms with E-state index in [1.54, 1.807) is 30.3 Å². The lowest BCUT2D eigenvalue weighted by Gasteiger charge is -2.24. The summed E-state index contributed by atoms with van der Waals surface area (Å²) >= 11 is 0. The molecule has 28 heavy (non-hydrogen) atoms. The minimum atomic E-state index is -0.457. The van der Waals surface area contributed by atoms with E-state index in [1.807, 2.05) is 0 Å². The van der Waals surface area contributed by atoms with E-state index >= 15 is 0 Å². The van der Waals surface area contributed by atoms with Gasteiger partial charge >= 0.3 is 0 Å². The zero-order valence-corrected chi connectivity index (χ0v) is 15.4. The molecular formula is C22H20N2O4. The van der Waals surface area contributed by atoms with Crippen LogP contribution in [0.4, 0.5) is 11.4 Å². The van der Waals surface area contributed by atoms with Crippen molar-refractivity contribution >= 4 is 29.0 Å². The summed E-state index contributed by atoms with van der Waals surface area (Å²) in [5.41, 5.74) is 2.16. The third-order valence-corrected chi connectivity index (χ3v) is 5.37. The number of hydrogen-bond acceptors (Lipinski definition) is 5. The van der Waals surface area contributed by atoms with Crippen LogP contribution in [0.25, 0.3) is 6.08 Å². The number of nitrogens with zero attached hydrogens (tertiary/aromatic N) is 2. The van der Waals surface area contributed by atoms with E-state index in [-0.39, 0.29) is 22.8 Å². The van der Waals surface area contributed by atoms with Crippen molar-refractivity contribution in [3.63, 3.8) is 0 Å². The van der Waals surface area contributed by atoms with Crippen molar-refractivity contribution in [2.24, 2.45) is 0 Å². The number of hydrogen-bond donors (Lipinski definition) is 0. The fourth-order valence-corrected chi connectivity index (χ4v) is 3.93. The highest BCUT2D eigenvalue weighted by molar-refractivity contribution is 6.41. The standard InChI is InChI=1S/C22H20N2O4/c25-21-17-7-3-4-8-18(17)22(26)19(21)14-15-13-16(24(27)28)9-10-20(15)23-11-5-1-2-6-12-23/h3-4,7-10,13-14H,1-2,5-6,11-12H2. The quantitative estimate of drug-likeness (QED) is 0.342. The molecule has 0 unspecified atom stereocenters. The van der Waals surface area contributed by atoms with Crippen molar-refractivity contribution in [2.75, 3.05) is 18.0 Å². The van der Waals surface area contributed by atoms with Gasteiger partial charge in [-0.2, -0.15) is 0 Å². The van der Waals surface area contributed by atoms with Crippen molar-refractivity contribution in [2.45, 2.75) is 25.7 Å². The van der Waals surface area contributed by atoms with Crippen LogP contribution in [0.2, 0.25) is 0 Å². The van der Waals surface area contributed by atoms with Gasteiger partial charge in [0, 0.05) is 47.6 Å². The van der Waals surface area contributed by atoms with E-state index in [0.29, 0.717) is 16.7 Å². The maximum absolute atomic E-state index is 12.7. The summed E-state index contributed by atoms with van der Waals surface area (Å²) in [6.07, 6.45) is 5.95. The number of anilines is 1. The second kappa shape index (κ2) is 7.38. The SMILES string of the molecule is O=C1C(=Cc2cc([N+](=O)[O-])ccc2N2CCCCCC2)C(=O)c2ccccc21. The number of nitro groups is 1. The number of rotatable bonds is 3. The van der Waals surface area contributed by atoms with Gasteiger partial charge in [-0.25, -0.2) is 0 Å². The Bertz CT molecular complexity index is 964. The summed E-state index contributed by atoms with van der Waals surface area (Å²) in [5, 5.41) is 11.3. The number of allylic oxidation sites excluding steroid dienone is 1. The molecule has 4 rings (SSSR count). The summed E-state index contributed by atoms with van der Waals surface area (Å²) < 4.78 is 0. The van der Waals surface area contributed by atoms with Gasteiger partial charge in [0.15, 0.2) is 11.6 Å². The maximum atomic E-state index is 12.7. The second-order valence-electron chi connectivity index (χ2n) is 7.16. The maximum Gasteiger partial charge on any atom is 0.270 e. The van der Waals surface area contributed by atoms with Crippen LogP contribution < -0.4 is 4.90 Å². The number of ketones is 2. The monoisotopic (exact) mass is 376 g/mol. The Labute approximate surface area is 162 Å². The Morgan fingerprint density at radius 1 is 0.893 bits per heavy atom. The first-order valence-corrected chi connectivity index (χ1v) is 9.50. The molecule has 0 bridgehead atoms. The van der Waals surface area contributed by atoms with Crippen molar-refractivity contribution < 1.29 is 14.5 Å². The lowest BCUT2D eigenvalue weighted by molar-refractivity contribution is -0.384. The number of nitro benzene ring substituents is 1. The summed E-state index contributed by atoms with van der Waals surface area (Å²) in [7, 11) is 0. The first-order chi connectivity index (χ1) is 13.6. The Hall–Kier alpha value is -3.28. The molecule has 2 aromatic rings. The zero-order chi connectivity index (χ0) is 19.7. The number of Topliss-reactive ketones (excluding diaryl/α,β-unsaturated/α-hetero) is 2. The third-order valence-electron chi connectivity index (χ3n) is 5.37. The topological polar surface area (TPSA) is 80.5 Å². The van der Waals surface area contributed by atoms with Crippen molar-refractivity contribution in [1.82, 2.24) is 0 Å². The summed E-state index contributed by atoms with van der Waals surface area (Å²) in [4.78, 5) is 38.5. The fourth-order valence-electron chi connectivity index (χ4n) is 3.93. The molecule has 0 spiro atoms. The molecule has 0 amide bonds. The number of non-ortho nitro benzene ring substituents is 1. The Kier molecular flexibility index (Phi) is 4.77. The molecule has 1 fully saturated rings. The van der Waals surface area contributed by atoms with Gasteiger partial charge in [-0.1, -0.05) is 37.1 Å². The van der Waals surface area contributed by atoms with Crippen molar-refractivity contribution in [3.8, 4) is 0 Å². The highest BCUT2D eigenvalue weighted by Crippen LogP contribution is 2.33. The van der Waals surface area contributed by atoms with Gasteiger partial charge in [0.2, 0.25) is 0 Å². The van der Waals surface area contributed by atoms with Crippen molar-refractivity contribution in [1.29, 1.82) is 0 Å². The lowest BCUT2D eigenvalue weighted by Crippen LogP contribution is -2.24. The van der Waals surface area contributed by atoms with E-state index in [4.69, 9.17) is 0 Å². The van der Waals surface area contributed by atoms with Gasteiger partial charge in [-0.05, 0) is 25.0 Å². The second-order valence-corrected chi connectivity index (χ2v) is 7.16. The lowest BCUT2D eigenvalue weighted by atomic mass is 10.0. The van der Waals surface area contributed by atoms with E-state index in [2.05, 4.69) is 4.90 Å². The largest absolute Gasteiger partial charge is 0.371 e. The summed E-state index contributed by atoms with van der Waals surface area (Å²) in [6, 6.07) is 11.4. The molecule has 2 aliphatic rings. The van der Waals surface area contributed by atoms with Crippen LogP contribution in [-0.4, -0.2) is 29.6 Å². The molecule has 1 saturated heterocycles. The van der Waals surface area contributed by atoms with Crippen LogP contribution in [-0.2, 0) is 0 Å². The predicted octanol–water partition coefficient (Wildman–Crippen LogP) is 4.44. The number of fused-ring (bicyclic) bond motifs is 1. The number of benzene rings is 2. The first-order valence-electron chi connectivity index (χ1n) is 9.50. The van der Waals surface area contributed by atoms with Crippen molar-refractivity contribution in [3.05, 3.63) is 74.8 Å². The molecule has 0 saturated carbocycles. The van der Waals surface area contributed by atoms with Crippen LogP contribution >= 0.6 is 0 Å². The molecule has 0 radical (unpaired) electrons. The first kappa shape index (κ1) is 18.1. The third kappa shape index (κ3) is 3.22. The minimum Gasteiger partial charge on any atom is -0.371 e. The van der Waals surface area contributed by atoms with Gasteiger partial charge < -0.3 is 4.90 Å². The van der Waals surface area contributed by atoms with Gasteiger partial charge in [0.1, 0.15) is 0 Å². The van der Waals surface area contributed by atoms with Crippen LogP contribution in [0.1, 0.15) is 52.0 Å². The average molecular weight is 376 g/mol. The van der Waals surface area contributed by atoms with Gasteiger partial charge in [0.05, 0.1) is 10.5 Å².